The van der Waals surface area contributed by atoms with Crippen molar-refractivity contribution in [1.29, 1.82) is 0 Å². The molecule has 3 nitrogen and oxygen atoms in total. The van der Waals surface area contributed by atoms with Gasteiger partial charge in [0.25, 0.3) is 0 Å². The average Bonchev–Trinajstić information content (AvgIpc) is 2.69. The molecule has 0 heterocycles. The Morgan fingerprint density at radius 3 is 2.04 bits per heavy atom. The first kappa shape index (κ1) is 16.0. The minimum absolute atomic E-state index is 0.0184. The number of carbonyl (C=O) groups is 2. The predicted octanol–water partition coefficient (Wildman–Crippen LogP) is 3.63. The molecule has 6 rings (SSSR count). The number of ether oxygens (including phenoxy) is 1. The van der Waals surface area contributed by atoms with Gasteiger partial charge in [-0.05, 0) is 29.2 Å². The molecule has 3 heteroatoms. The summed E-state index contributed by atoms with van der Waals surface area (Å²) in [5.74, 6) is -0.161. The van der Waals surface area contributed by atoms with Crippen molar-refractivity contribution in [2.45, 2.75) is 37.2 Å². The second kappa shape index (κ2) is 5.37. The fraction of sp³-hybridized carbons (Fsp3) is 0.391. The zero-order valence-electron chi connectivity index (χ0n) is 15.1. The molecule has 1 saturated carbocycles. The summed E-state index contributed by atoms with van der Waals surface area (Å²) in [5, 5.41) is 0. The van der Waals surface area contributed by atoms with Gasteiger partial charge in [0, 0.05) is 37.7 Å². The molecule has 0 saturated heterocycles. The second-order valence-corrected chi connectivity index (χ2v) is 7.84. The van der Waals surface area contributed by atoms with E-state index < -0.39 is 5.41 Å². The Hall–Kier alpha value is -2.26. The number of methoxy groups -OCH3 is 1. The number of benzene rings is 2. The molecule has 4 aliphatic carbocycles. The number of ketones is 2. The van der Waals surface area contributed by atoms with Gasteiger partial charge < -0.3 is 4.74 Å². The summed E-state index contributed by atoms with van der Waals surface area (Å²) in [6.07, 6.45) is 0.529. The van der Waals surface area contributed by atoms with Crippen LogP contribution in [0.25, 0.3) is 0 Å². The van der Waals surface area contributed by atoms with E-state index in [0.717, 1.165) is 0 Å². The van der Waals surface area contributed by atoms with Crippen molar-refractivity contribution in [1.82, 2.24) is 0 Å². The van der Waals surface area contributed by atoms with Gasteiger partial charge in [-0.25, -0.2) is 0 Å². The molecule has 0 N–H and O–H groups in total. The van der Waals surface area contributed by atoms with Crippen molar-refractivity contribution in [3.8, 4) is 0 Å². The van der Waals surface area contributed by atoms with E-state index in [4.69, 9.17) is 4.74 Å². The van der Waals surface area contributed by atoms with Crippen LogP contribution in [-0.2, 0) is 19.7 Å². The fourth-order valence-electron chi connectivity index (χ4n) is 6.07. The van der Waals surface area contributed by atoms with Crippen LogP contribution in [-0.4, -0.2) is 24.8 Å². The van der Waals surface area contributed by atoms with Crippen LogP contribution in [0.3, 0.4) is 0 Å². The summed E-state index contributed by atoms with van der Waals surface area (Å²) in [5.41, 5.74) is 4.14. The van der Waals surface area contributed by atoms with E-state index in [2.05, 4.69) is 24.3 Å². The fourth-order valence-corrected chi connectivity index (χ4v) is 6.07. The number of hydrogen-bond acceptors (Lipinski definition) is 3. The monoisotopic (exact) mass is 346 g/mol. The zero-order valence-corrected chi connectivity index (χ0v) is 15.1. The summed E-state index contributed by atoms with van der Waals surface area (Å²) >= 11 is 0. The van der Waals surface area contributed by atoms with Crippen molar-refractivity contribution < 1.29 is 14.3 Å². The molecule has 0 amide bonds. The third kappa shape index (κ3) is 1.67. The Labute approximate surface area is 153 Å². The molecule has 0 radical (unpaired) electrons. The van der Waals surface area contributed by atoms with Gasteiger partial charge in [-0.3, -0.25) is 9.59 Å². The minimum Gasteiger partial charge on any atom is -0.380 e. The van der Waals surface area contributed by atoms with Crippen LogP contribution in [0.2, 0.25) is 0 Å². The first-order valence-electron chi connectivity index (χ1n) is 9.39. The summed E-state index contributed by atoms with van der Waals surface area (Å²) in [7, 11) is 1.70. The molecule has 0 aromatic heterocycles. The predicted molar refractivity (Wildman–Crippen MR) is 98.2 cm³/mol. The van der Waals surface area contributed by atoms with E-state index in [1.54, 1.807) is 7.11 Å². The van der Waals surface area contributed by atoms with Gasteiger partial charge in [0.15, 0.2) is 0 Å². The van der Waals surface area contributed by atoms with Crippen LogP contribution in [0.15, 0.2) is 48.5 Å². The molecule has 0 spiro atoms. The molecular weight excluding hydrogens is 324 g/mol. The topological polar surface area (TPSA) is 43.4 Å². The van der Waals surface area contributed by atoms with Crippen LogP contribution < -0.4 is 0 Å². The van der Waals surface area contributed by atoms with Crippen LogP contribution in [0.5, 0.6) is 0 Å². The Morgan fingerprint density at radius 2 is 1.46 bits per heavy atom. The Kier molecular flexibility index (Phi) is 3.29. The molecule has 2 aromatic rings. The zero-order chi connectivity index (χ0) is 18.1. The Morgan fingerprint density at radius 1 is 0.923 bits per heavy atom. The lowest BCUT2D eigenvalue weighted by molar-refractivity contribution is -0.145. The van der Waals surface area contributed by atoms with Crippen molar-refractivity contribution in [2.24, 2.45) is 11.8 Å². The maximum absolute atomic E-state index is 13.2. The van der Waals surface area contributed by atoms with Gasteiger partial charge in [-0.15, -0.1) is 0 Å². The third-order valence-corrected chi connectivity index (χ3v) is 7.02. The van der Waals surface area contributed by atoms with Crippen LogP contribution in [0.1, 0.15) is 47.9 Å². The SMILES string of the molecule is CO[C@@H](C)C12c3ccccc3C(c3ccccc31)[C@@H]1C(=O)CCC(=O)[C@@H]12. The molecule has 1 fully saturated rings. The van der Waals surface area contributed by atoms with Gasteiger partial charge in [0.2, 0.25) is 0 Å². The Bertz CT molecular complexity index is 881. The molecule has 0 unspecified atom stereocenters. The van der Waals surface area contributed by atoms with E-state index in [0.29, 0.717) is 12.8 Å². The molecule has 0 aliphatic heterocycles. The molecular formula is C23H22O3. The second-order valence-electron chi connectivity index (χ2n) is 7.84. The highest BCUT2D eigenvalue weighted by Gasteiger charge is 2.65. The van der Waals surface area contributed by atoms with Crippen molar-refractivity contribution in [2.75, 3.05) is 7.11 Å². The van der Waals surface area contributed by atoms with Crippen LogP contribution in [0.4, 0.5) is 0 Å². The molecule has 4 aliphatic rings. The van der Waals surface area contributed by atoms with Gasteiger partial charge in [-0.1, -0.05) is 48.5 Å². The van der Waals surface area contributed by atoms with E-state index in [9.17, 15) is 9.59 Å². The molecule has 26 heavy (non-hydrogen) atoms. The van der Waals surface area contributed by atoms with Crippen molar-refractivity contribution in [3.63, 3.8) is 0 Å². The normalized spacial score (nSPS) is 32.6. The van der Waals surface area contributed by atoms with Crippen molar-refractivity contribution in [3.05, 3.63) is 70.8 Å². The lowest BCUT2D eigenvalue weighted by Gasteiger charge is -2.59. The number of Topliss-reactive ketones (excluding diaryl/α,β-unsaturated/α-hetero) is 2. The third-order valence-electron chi connectivity index (χ3n) is 7.02. The first-order valence-corrected chi connectivity index (χ1v) is 9.39. The molecule has 132 valence electrons. The number of hydrogen-bond donors (Lipinski definition) is 0. The van der Waals surface area contributed by atoms with E-state index >= 15 is 0 Å². The Balaban J connectivity index is 1.95. The van der Waals surface area contributed by atoms with Crippen molar-refractivity contribution >= 4 is 11.6 Å². The summed E-state index contributed by atoms with van der Waals surface area (Å²) < 4.78 is 5.89. The minimum atomic E-state index is -0.589. The number of carbonyl (C=O) groups excluding carboxylic acids is 2. The van der Waals surface area contributed by atoms with E-state index in [-0.39, 0.29) is 35.4 Å². The standard InChI is InChI=1S/C23H22O3/c1-13(26-2)23-16-9-5-3-7-14(16)20(15-8-4-6-10-17(15)23)21-18(24)11-12-19(25)22(21)23/h3-10,13,20-22H,11-12H2,1-2H3/t13-,20?,21-,22-,23?/m0/s1. The maximum Gasteiger partial charge on any atom is 0.138 e. The first-order chi connectivity index (χ1) is 12.6. The smallest absolute Gasteiger partial charge is 0.138 e. The lowest BCUT2D eigenvalue weighted by Crippen LogP contribution is -2.63. The van der Waals surface area contributed by atoms with Crippen LogP contribution in [0, 0.1) is 11.8 Å². The number of rotatable bonds is 2. The summed E-state index contributed by atoms with van der Waals surface area (Å²) in [6.45, 7) is 2.04. The summed E-state index contributed by atoms with van der Waals surface area (Å²) in [6, 6.07) is 16.7. The summed E-state index contributed by atoms with van der Waals surface area (Å²) in [4.78, 5) is 26.2. The molecule has 2 aromatic carbocycles. The largest absolute Gasteiger partial charge is 0.380 e. The molecule has 3 atom stereocenters. The van der Waals surface area contributed by atoms with Gasteiger partial charge in [0.05, 0.1) is 11.5 Å². The lowest BCUT2D eigenvalue weighted by atomic mass is 9.42. The van der Waals surface area contributed by atoms with Gasteiger partial charge in [-0.2, -0.15) is 0 Å². The molecule has 2 bridgehead atoms. The van der Waals surface area contributed by atoms with Gasteiger partial charge in [0.1, 0.15) is 11.6 Å². The highest BCUT2D eigenvalue weighted by Crippen LogP contribution is 2.64. The van der Waals surface area contributed by atoms with Crippen LogP contribution >= 0.6 is 0 Å². The van der Waals surface area contributed by atoms with E-state index in [1.165, 1.54) is 22.3 Å². The highest BCUT2D eigenvalue weighted by molar-refractivity contribution is 6.00. The highest BCUT2D eigenvalue weighted by atomic mass is 16.5. The van der Waals surface area contributed by atoms with Gasteiger partial charge >= 0.3 is 0 Å². The maximum atomic E-state index is 13.2. The van der Waals surface area contributed by atoms with E-state index in [1.807, 2.05) is 31.2 Å². The average molecular weight is 346 g/mol. The quantitative estimate of drug-likeness (QED) is 0.834.